The van der Waals surface area contributed by atoms with E-state index in [0.717, 1.165) is 6.42 Å². The van der Waals surface area contributed by atoms with Gasteiger partial charge in [0.15, 0.2) is 5.16 Å². The lowest BCUT2D eigenvalue weighted by molar-refractivity contribution is -0.119. The summed E-state index contributed by atoms with van der Waals surface area (Å²) in [7, 11) is 0. The van der Waals surface area contributed by atoms with E-state index in [9.17, 15) is 4.79 Å². The molecule has 0 aromatic carbocycles. The SMILES string of the molecule is CCC(C)NC(=O)CSc1ncccn1. The molecule has 1 heterocycles. The molecule has 5 heteroatoms. The Bertz CT molecular complexity index is 305. The normalized spacial score (nSPS) is 12.1. The first kappa shape index (κ1) is 12.0. The summed E-state index contributed by atoms with van der Waals surface area (Å²) >= 11 is 1.35. The van der Waals surface area contributed by atoms with Gasteiger partial charge in [-0.05, 0) is 19.4 Å². The average Bonchev–Trinajstić information content (AvgIpc) is 2.27. The van der Waals surface area contributed by atoms with E-state index < -0.39 is 0 Å². The van der Waals surface area contributed by atoms with Gasteiger partial charge in [0.1, 0.15) is 0 Å². The highest BCUT2D eigenvalue weighted by atomic mass is 32.2. The summed E-state index contributed by atoms with van der Waals surface area (Å²) in [6.45, 7) is 4.03. The third kappa shape index (κ3) is 4.78. The molecular weight excluding hydrogens is 210 g/mol. The van der Waals surface area contributed by atoms with Crippen LogP contribution in [0.4, 0.5) is 0 Å². The third-order valence-corrected chi connectivity index (χ3v) is 2.77. The van der Waals surface area contributed by atoms with Gasteiger partial charge in [-0.1, -0.05) is 18.7 Å². The van der Waals surface area contributed by atoms with E-state index in [1.165, 1.54) is 11.8 Å². The van der Waals surface area contributed by atoms with Gasteiger partial charge >= 0.3 is 0 Å². The molecule has 82 valence electrons. The molecule has 0 saturated heterocycles. The molecule has 15 heavy (non-hydrogen) atoms. The Labute approximate surface area is 93.9 Å². The van der Waals surface area contributed by atoms with Crippen molar-refractivity contribution in [3.05, 3.63) is 18.5 Å². The van der Waals surface area contributed by atoms with E-state index in [1.54, 1.807) is 18.5 Å². The van der Waals surface area contributed by atoms with Crippen LogP contribution in [0.15, 0.2) is 23.6 Å². The van der Waals surface area contributed by atoms with Crippen molar-refractivity contribution in [3.8, 4) is 0 Å². The van der Waals surface area contributed by atoms with E-state index in [0.29, 0.717) is 10.9 Å². The molecule has 1 atom stereocenters. The highest BCUT2D eigenvalue weighted by molar-refractivity contribution is 7.99. The van der Waals surface area contributed by atoms with Crippen LogP contribution in [0, 0.1) is 0 Å². The van der Waals surface area contributed by atoms with Crippen molar-refractivity contribution in [1.29, 1.82) is 0 Å². The predicted molar refractivity (Wildman–Crippen MR) is 60.7 cm³/mol. The number of thioether (sulfide) groups is 1. The van der Waals surface area contributed by atoms with Crippen molar-refractivity contribution >= 4 is 17.7 Å². The fourth-order valence-electron chi connectivity index (χ4n) is 0.909. The van der Waals surface area contributed by atoms with E-state index in [4.69, 9.17) is 0 Å². The zero-order valence-corrected chi connectivity index (χ0v) is 9.75. The first-order valence-corrected chi connectivity index (χ1v) is 5.90. The van der Waals surface area contributed by atoms with Gasteiger partial charge in [0.2, 0.25) is 5.91 Å². The first-order chi connectivity index (χ1) is 7.22. The molecular formula is C10H15N3OS. The number of amides is 1. The van der Waals surface area contributed by atoms with Gasteiger partial charge in [0.05, 0.1) is 5.75 Å². The summed E-state index contributed by atoms with van der Waals surface area (Å²) in [6.07, 6.45) is 4.28. The summed E-state index contributed by atoms with van der Waals surface area (Å²) in [6, 6.07) is 1.98. The number of aromatic nitrogens is 2. The molecule has 0 aliphatic rings. The Morgan fingerprint density at radius 2 is 2.20 bits per heavy atom. The van der Waals surface area contributed by atoms with Crippen LogP contribution in [0.1, 0.15) is 20.3 Å². The Morgan fingerprint density at radius 3 is 2.80 bits per heavy atom. The lowest BCUT2D eigenvalue weighted by atomic mass is 10.3. The minimum atomic E-state index is 0.0294. The first-order valence-electron chi connectivity index (χ1n) is 4.91. The van der Waals surface area contributed by atoms with Crippen molar-refractivity contribution in [2.75, 3.05) is 5.75 Å². The fraction of sp³-hybridized carbons (Fsp3) is 0.500. The van der Waals surface area contributed by atoms with Crippen LogP contribution in [-0.4, -0.2) is 27.7 Å². The van der Waals surface area contributed by atoms with E-state index >= 15 is 0 Å². The van der Waals surface area contributed by atoms with Gasteiger partial charge in [0.25, 0.3) is 0 Å². The molecule has 1 aromatic rings. The largest absolute Gasteiger partial charge is 0.353 e. The molecule has 1 unspecified atom stereocenters. The second kappa shape index (κ2) is 6.40. The zero-order valence-electron chi connectivity index (χ0n) is 8.93. The molecule has 0 aliphatic carbocycles. The molecule has 0 radical (unpaired) electrons. The minimum Gasteiger partial charge on any atom is -0.353 e. The number of nitrogens with one attached hydrogen (secondary N) is 1. The standard InChI is InChI=1S/C10H15N3OS/c1-3-8(2)13-9(14)7-15-10-11-5-4-6-12-10/h4-6,8H,3,7H2,1-2H3,(H,13,14). The summed E-state index contributed by atoms with van der Waals surface area (Å²) in [5.74, 6) is 0.399. The van der Waals surface area contributed by atoms with Crippen LogP contribution < -0.4 is 5.32 Å². The maximum Gasteiger partial charge on any atom is 0.230 e. The Balaban J connectivity index is 2.29. The second-order valence-electron chi connectivity index (χ2n) is 3.20. The smallest absolute Gasteiger partial charge is 0.230 e. The summed E-state index contributed by atoms with van der Waals surface area (Å²) in [4.78, 5) is 19.4. The number of hydrogen-bond acceptors (Lipinski definition) is 4. The number of carbonyl (C=O) groups is 1. The fourth-order valence-corrected chi connectivity index (χ4v) is 1.52. The van der Waals surface area contributed by atoms with E-state index in [1.807, 2.05) is 13.8 Å². The maximum absolute atomic E-state index is 11.4. The minimum absolute atomic E-state index is 0.0294. The van der Waals surface area contributed by atoms with Crippen LogP contribution in [0.5, 0.6) is 0 Å². The number of carbonyl (C=O) groups excluding carboxylic acids is 1. The third-order valence-electron chi connectivity index (χ3n) is 1.89. The average molecular weight is 225 g/mol. The van der Waals surface area contributed by atoms with E-state index in [-0.39, 0.29) is 11.9 Å². The number of hydrogen-bond donors (Lipinski definition) is 1. The highest BCUT2D eigenvalue weighted by Crippen LogP contribution is 2.09. The monoisotopic (exact) mass is 225 g/mol. The molecule has 1 N–H and O–H groups in total. The van der Waals surface area contributed by atoms with Crippen LogP contribution in [0.3, 0.4) is 0 Å². The zero-order chi connectivity index (χ0) is 11.1. The molecule has 0 bridgehead atoms. The van der Waals surface area contributed by atoms with Gasteiger partial charge in [0, 0.05) is 18.4 Å². The van der Waals surface area contributed by atoms with Crippen molar-refractivity contribution in [3.63, 3.8) is 0 Å². The van der Waals surface area contributed by atoms with Crippen molar-refractivity contribution in [2.24, 2.45) is 0 Å². The Hall–Kier alpha value is -1.10. The van der Waals surface area contributed by atoms with Gasteiger partial charge in [-0.2, -0.15) is 0 Å². The van der Waals surface area contributed by atoms with Crippen LogP contribution in [0.2, 0.25) is 0 Å². The molecule has 1 aromatic heterocycles. The van der Waals surface area contributed by atoms with Gasteiger partial charge in [-0.15, -0.1) is 0 Å². The summed E-state index contributed by atoms with van der Waals surface area (Å²) in [5.41, 5.74) is 0. The molecule has 4 nitrogen and oxygen atoms in total. The summed E-state index contributed by atoms with van der Waals surface area (Å²) in [5, 5.41) is 3.52. The van der Waals surface area contributed by atoms with Gasteiger partial charge in [-0.3, -0.25) is 4.79 Å². The molecule has 0 spiro atoms. The maximum atomic E-state index is 11.4. The number of nitrogens with zero attached hydrogens (tertiary/aromatic N) is 2. The Kier molecular flexibility index (Phi) is 5.10. The molecule has 1 rings (SSSR count). The topological polar surface area (TPSA) is 54.9 Å². The second-order valence-corrected chi connectivity index (χ2v) is 4.14. The molecule has 1 amide bonds. The van der Waals surface area contributed by atoms with Gasteiger partial charge in [-0.25, -0.2) is 9.97 Å². The van der Waals surface area contributed by atoms with E-state index in [2.05, 4.69) is 15.3 Å². The van der Waals surface area contributed by atoms with Crippen LogP contribution in [0.25, 0.3) is 0 Å². The summed E-state index contributed by atoms with van der Waals surface area (Å²) < 4.78 is 0. The lowest BCUT2D eigenvalue weighted by Crippen LogP contribution is -2.33. The van der Waals surface area contributed by atoms with Crippen molar-refractivity contribution in [2.45, 2.75) is 31.5 Å². The predicted octanol–water partition coefficient (Wildman–Crippen LogP) is 1.48. The molecule has 0 saturated carbocycles. The van der Waals surface area contributed by atoms with Crippen LogP contribution in [-0.2, 0) is 4.79 Å². The molecule has 0 aliphatic heterocycles. The van der Waals surface area contributed by atoms with Gasteiger partial charge < -0.3 is 5.32 Å². The molecule has 0 fully saturated rings. The lowest BCUT2D eigenvalue weighted by Gasteiger charge is -2.10. The number of rotatable bonds is 5. The Morgan fingerprint density at radius 1 is 1.53 bits per heavy atom. The van der Waals surface area contributed by atoms with Crippen molar-refractivity contribution in [1.82, 2.24) is 15.3 Å². The quantitative estimate of drug-likeness (QED) is 0.609. The van der Waals surface area contributed by atoms with Crippen LogP contribution >= 0.6 is 11.8 Å². The van der Waals surface area contributed by atoms with Crippen molar-refractivity contribution < 1.29 is 4.79 Å². The highest BCUT2D eigenvalue weighted by Gasteiger charge is 2.06.